The van der Waals surface area contributed by atoms with Crippen LogP contribution < -0.4 is 0 Å². The Balaban J connectivity index is 1.23. The number of hydrogen-bond donors (Lipinski definition) is 0. The van der Waals surface area contributed by atoms with Gasteiger partial charge in [-0.15, -0.1) is 6.42 Å². The van der Waals surface area contributed by atoms with Crippen molar-refractivity contribution in [2.45, 2.75) is 26.7 Å². The Bertz CT molecular complexity index is 2780. The molecular weight excluding hydrogens is 621 g/mol. The number of terminal acetylenes is 1. The van der Waals surface area contributed by atoms with Gasteiger partial charge in [0.25, 0.3) is 0 Å². The molecule has 1 aliphatic carbocycles. The van der Waals surface area contributed by atoms with E-state index in [-0.39, 0.29) is 0 Å². The summed E-state index contributed by atoms with van der Waals surface area (Å²) in [6.07, 6.45) is 14.7. The fourth-order valence-electron chi connectivity index (χ4n) is 7.53. The second kappa shape index (κ2) is 12.4. The van der Waals surface area contributed by atoms with Crippen molar-refractivity contribution in [1.82, 2.24) is 19.5 Å². The molecule has 0 saturated carbocycles. The maximum absolute atomic E-state index is 6.18. The zero-order valence-corrected chi connectivity index (χ0v) is 28.6. The van der Waals surface area contributed by atoms with E-state index >= 15 is 0 Å². The monoisotopic (exact) mass is 654 g/mol. The topological polar surface area (TPSA) is 43.6 Å². The summed E-state index contributed by atoms with van der Waals surface area (Å²) in [6.45, 7) is 4.27. The lowest BCUT2D eigenvalue weighted by Crippen LogP contribution is -2.10. The second-order valence-electron chi connectivity index (χ2n) is 13.2. The van der Waals surface area contributed by atoms with E-state index in [0.29, 0.717) is 17.6 Å². The molecule has 2 heterocycles. The molecule has 0 bridgehead atoms. The number of rotatable bonds is 5. The molecular formula is C47H34N4. The first-order valence-corrected chi connectivity index (χ1v) is 17.4. The van der Waals surface area contributed by atoms with Gasteiger partial charge < -0.3 is 0 Å². The fraction of sp³-hybridized carbons (Fsp3) is 0.0851. The van der Waals surface area contributed by atoms with Crippen LogP contribution in [0.2, 0.25) is 0 Å². The molecule has 0 unspecified atom stereocenters. The number of nitrogens with zero attached hydrogens (tertiary/aromatic N) is 4. The zero-order valence-electron chi connectivity index (χ0n) is 28.6. The third-order valence-corrected chi connectivity index (χ3v) is 10.2. The van der Waals surface area contributed by atoms with Crippen molar-refractivity contribution in [3.05, 3.63) is 161 Å². The highest BCUT2D eigenvalue weighted by Gasteiger charge is 2.23. The molecule has 4 nitrogen and oxygen atoms in total. The molecule has 2 aromatic heterocycles. The van der Waals surface area contributed by atoms with Gasteiger partial charge in [0.2, 0.25) is 5.95 Å². The van der Waals surface area contributed by atoms with Crippen molar-refractivity contribution in [3.8, 4) is 41.1 Å². The second-order valence-corrected chi connectivity index (χ2v) is 13.2. The zero-order chi connectivity index (χ0) is 34.5. The van der Waals surface area contributed by atoms with Gasteiger partial charge in [-0.1, -0.05) is 127 Å². The predicted molar refractivity (Wildman–Crippen MR) is 213 cm³/mol. The van der Waals surface area contributed by atoms with E-state index in [4.69, 9.17) is 21.4 Å². The van der Waals surface area contributed by atoms with Crippen molar-refractivity contribution in [2.24, 2.45) is 0 Å². The average molecular weight is 655 g/mol. The Labute approximate surface area is 297 Å². The van der Waals surface area contributed by atoms with Crippen LogP contribution in [0.5, 0.6) is 0 Å². The summed E-state index contributed by atoms with van der Waals surface area (Å²) in [5.41, 5.74) is 10.8. The van der Waals surface area contributed by atoms with Crippen molar-refractivity contribution in [3.63, 3.8) is 0 Å². The van der Waals surface area contributed by atoms with Crippen LogP contribution in [0.1, 0.15) is 39.9 Å². The van der Waals surface area contributed by atoms with Crippen LogP contribution in [0.3, 0.4) is 0 Å². The number of fused-ring (bicyclic) bond motifs is 6. The Morgan fingerprint density at radius 2 is 1.53 bits per heavy atom. The number of hydrogen-bond acceptors (Lipinski definition) is 3. The van der Waals surface area contributed by atoms with Crippen LogP contribution >= 0.6 is 0 Å². The molecule has 242 valence electrons. The minimum Gasteiger partial charge on any atom is -0.282 e. The molecule has 0 N–H and O–H groups in total. The lowest BCUT2D eigenvalue weighted by atomic mass is 9.94. The largest absolute Gasteiger partial charge is 0.282 e. The maximum atomic E-state index is 6.18. The minimum atomic E-state index is 0.628. The highest BCUT2D eigenvalue weighted by molar-refractivity contribution is 6.13. The number of benzene rings is 6. The minimum absolute atomic E-state index is 0.628. The van der Waals surface area contributed by atoms with Crippen molar-refractivity contribution < 1.29 is 0 Å². The van der Waals surface area contributed by atoms with Crippen LogP contribution in [-0.2, 0) is 6.42 Å². The smallest absolute Gasteiger partial charge is 0.238 e. The van der Waals surface area contributed by atoms with Crippen molar-refractivity contribution in [1.29, 1.82) is 0 Å². The average Bonchev–Trinajstić information content (AvgIpc) is 3.53. The van der Waals surface area contributed by atoms with Crippen molar-refractivity contribution in [2.75, 3.05) is 0 Å². The fourth-order valence-corrected chi connectivity index (χ4v) is 7.53. The third-order valence-electron chi connectivity index (χ3n) is 10.2. The number of aryl methyl sites for hydroxylation is 2. The van der Waals surface area contributed by atoms with Gasteiger partial charge in [-0.2, -0.15) is 9.97 Å². The van der Waals surface area contributed by atoms with Crippen molar-refractivity contribution >= 4 is 50.2 Å². The summed E-state index contributed by atoms with van der Waals surface area (Å²) in [7, 11) is 0. The Hall–Kier alpha value is -6.57. The summed E-state index contributed by atoms with van der Waals surface area (Å²) < 4.78 is 2.26. The van der Waals surface area contributed by atoms with Crippen LogP contribution in [0, 0.1) is 26.2 Å². The molecule has 0 amide bonds. The molecule has 0 aliphatic heterocycles. The Morgan fingerprint density at radius 1 is 0.745 bits per heavy atom. The van der Waals surface area contributed by atoms with Gasteiger partial charge in [0.15, 0.2) is 11.6 Å². The molecule has 1 aliphatic rings. The summed E-state index contributed by atoms with van der Waals surface area (Å²) in [6, 6.07) is 42.3. The Kier molecular flexibility index (Phi) is 7.41. The molecule has 0 saturated heterocycles. The van der Waals surface area contributed by atoms with Gasteiger partial charge in [0.1, 0.15) is 0 Å². The molecule has 8 aromatic rings. The van der Waals surface area contributed by atoms with E-state index < -0.39 is 0 Å². The first kappa shape index (κ1) is 30.5. The first-order valence-electron chi connectivity index (χ1n) is 17.4. The lowest BCUT2D eigenvalue weighted by Gasteiger charge is -2.14. The molecule has 51 heavy (non-hydrogen) atoms. The van der Waals surface area contributed by atoms with Crippen LogP contribution in [0.25, 0.3) is 78.9 Å². The molecule has 0 fully saturated rings. The van der Waals surface area contributed by atoms with Gasteiger partial charge in [-0.3, -0.25) is 4.57 Å². The molecule has 0 radical (unpaired) electrons. The van der Waals surface area contributed by atoms with Gasteiger partial charge in [-0.25, -0.2) is 4.98 Å². The summed E-state index contributed by atoms with van der Waals surface area (Å²) in [5.74, 6) is 4.93. The molecule has 6 aromatic carbocycles. The third kappa shape index (κ3) is 5.23. The van der Waals surface area contributed by atoms with E-state index in [1.54, 1.807) is 0 Å². The Morgan fingerprint density at radius 3 is 2.39 bits per heavy atom. The summed E-state index contributed by atoms with van der Waals surface area (Å²) >= 11 is 0. The van der Waals surface area contributed by atoms with Crippen LogP contribution in [-0.4, -0.2) is 19.5 Å². The van der Waals surface area contributed by atoms with E-state index in [0.717, 1.165) is 57.1 Å². The number of allylic oxidation sites excluding steroid dienone is 2. The van der Waals surface area contributed by atoms with Crippen LogP contribution in [0.15, 0.2) is 127 Å². The SMILES string of the molecule is C#C/C(=C\c1ccc2ccccc2c1C)c1ccc2c(ccc3c2c2c(n3-c3nc(-c4ccccc4)nc(-c4ccccc4C)n3)CCC=C2)c1. The van der Waals surface area contributed by atoms with E-state index in [2.05, 4.69) is 134 Å². The summed E-state index contributed by atoms with van der Waals surface area (Å²) in [4.78, 5) is 15.3. The first-order chi connectivity index (χ1) is 25.1. The molecule has 9 rings (SSSR count). The summed E-state index contributed by atoms with van der Waals surface area (Å²) in [5, 5.41) is 5.98. The standard InChI is InChI=1S/C47H34N4/c1-4-32(28-35-23-22-33-15-9-11-19-39(33)31(35)3)36-24-26-40-37(29-36)25-27-43-44(40)41-20-12-13-21-42(41)51(43)47-49-45(34-16-6-5-7-17-34)48-46(50-47)38-18-10-8-14-30(38)2/h1,5-12,14-20,22-29H,13,21H2,2-3H3/b32-28+. The van der Waals surface area contributed by atoms with Crippen LogP contribution in [0.4, 0.5) is 0 Å². The van der Waals surface area contributed by atoms with Gasteiger partial charge in [0, 0.05) is 33.3 Å². The van der Waals surface area contributed by atoms with E-state index in [9.17, 15) is 0 Å². The lowest BCUT2D eigenvalue weighted by molar-refractivity contribution is 0.838. The molecule has 0 atom stereocenters. The number of aromatic nitrogens is 4. The van der Waals surface area contributed by atoms with Gasteiger partial charge in [0.05, 0.1) is 5.52 Å². The van der Waals surface area contributed by atoms with E-state index in [1.165, 1.54) is 38.4 Å². The van der Waals surface area contributed by atoms with E-state index in [1.807, 2.05) is 30.3 Å². The molecule has 4 heteroatoms. The molecule has 0 spiro atoms. The van der Waals surface area contributed by atoms with Gasteiger partial charge in [-0.05, 0) is 88.7 Å². The highest BCUT2D eigenvalue weighted by Crippen LogP contribution is 2.39. The predicted octanol–water partition coefficient (Wildman–Crippen LogP) is 11.2. The van der Waals surface area contributed by atoms with Gasteiger partial charge >= 0.3 is 0 Å². The normalized spacial score (nSPS) is 12.8. The quantitative estimate of drug-likeness (QED) is 0.137. The maximum Gasteiger partial charge on any atom is 0.238 e. The highest BCUT2D eigenvalue weighted by atomic mass is 15.2.